The Kier molecular flexibility index (Phi) is 4.27. The normalized spacial score (nSPS) is 21.5. The van der Waals surface area contributed by atoms with Crippen molar-refractivity contribution in [1.29, 1.82) is 0 Å². The Hall–Kier alpha value is -0.510. The summed E-state index contributed by atoms with van der Waals surface area (Å²) in [4.78, 5) is 3.75. The average molecular weight is 237 g/mol. The first kappa shape index (κ1) is 12.0. The van der Waals surface area contributed by atoms with Gasteiger partial charge in [0.1, 0.15) is 0 Å². The number of hydrogen-bond acceptors (Lipinski definition) is 3. The topological polar surface area (TPSA) is 23.5 Å². The molecule has 0 unspecified atom stereocenters. The molecule has 0 aromatic heterocycles. The fraction of sp³-hybridized carbons (Fsp3) is 0.538. The maximum absolute atomic E-state index is 9.29. The molecule has 0 saturated carbocycles. The predicted molar refractivity (Wildman–Crippen MR) is 68.7 cm³/mol. The molecule has 1 aliphatic heterocycles. The van der Waals surface area contributed by atoms with E-state index in [9.17, 15) is 5.11 Å². The van der Waals surface area contributed by atoms with E-state index < -0.39 is 0 Å². The molecule has 0 bridgehead atoms. The molecule has 1 N–H and O–H groups in total. The van der Waals surface area contributed by atoms with Gasteiger partial charge in [0.25, 0.3) is 0 Å². The number of aliphatic hydroxyl groups excluding tert-OH is 1. The van der Waals surface area contributed by atoms with E-state index in [0.717, 1.165) is 19.5 Å². The molecule has 1 atom stereocenters. The van der Waals surface area contributed by atoms with E-state index in [-0.39, 0.29) is 0 Å². The molecule has 1 fully saturated rings. The number of benzene rings is 1. The van der Waals surface area contributed by atoms with Gasteiger partial charge in [-0.1, -0.05) is 18.2 Å². The van der Waals surface area contributed by atoms with Crippen LogP contribution in [-0.4, -0.2) is 35.5 Å². The minimum absolute atomic E-state index is 0.293. The number of hydrogen-bond donors (Lipinski definition) is 1. The highest BCUT2D eigenvalue weighted by Crippen LogP contribution is 2.25. The maximum atomic E-state index is 9.29. The summed E-state index contributed by atoms with van der Waals surface area (Å²) in [5.41, 5.74) is 1.38. The molecule has 1 aromatic rings. The van der Waals surface area contributed by atoms with Crippen LogP contribution in [0.1, 0.15) is 18.4 Å². The van der Waals surface area contributed by atoms with Gasteiger partial charge in [-0.2, -0.15) is 0 Å². The lowest BCUT2D eigenvalue weighted by molar-refractivity contribution is 0.153. The Labute approximate surface area is 102 Å². The Morgan fingerprint density at radius 2 is 2.25 bits per heavy atom. The first-order chi connectivity index (χ1) is 7.85. The van der Waals surface area contributed by atoms with E-state index in [1.807, 2.05) is 0 Å². The van der Waals surface area contributed by atoms with E-state index >= 15 is 0 Å². The standard InChI is InChI=1S/C13H19NOS/c1-16-13-7-3-2-5-11(13)9-14-8-4-6-12(14)10-15/h2-3,5,7,12,15H,4,6,8-10H2,1H3/t12-/m1/s1. The number of nitrogens with zero attached hydrogens (tertiary/aromatic N) is 1. The molecule has 1 saturated heterocycles. The Balaban J connectivity index is 2.08. The number of likely N-dealkylation sites (tertiary alicyclic amines) is 1. The Bertz CT molecular complexity index is 342. The van der Waals surface area contributed by atoms with E-state index in [1.165, 1.54) is 16.9 Å². The minimum Gasteiger partial charge on any atom is -0.395 e. The first-order valence-corrected chi connectivity index (χ1v) is 7.04. The molecule has 88 valence electrons. The fourth-order valence-electron chi connectivity index (χ4n) is 2.36. The molecule has 3 heteroatoms. The number of rotatable bonds is 4. The van der Waals surface area contributed by atoms with Crippen molar-refractivity contribution in [2.45, 2.75) is 30.3 Å². The van der Waals surface area contributed by atoms with Crippen LogP contribution in [0.15, 0.2) is 29.2 Å². The third kappa shape index (κ3) is 2.59. The van der Waals surface area contributed by atoms with Crippen LogP contribution < -0.4 is 0 Å². The van der Waals surface area contributed by atoms with Crippen molar-refractivity contribution < 1.29 is 5.11 Å². The van der Waals surface area contributed by atoms with Gasteiger partial charge >= 0.3 is 0 Å². The molecule has 0 aliphatic carbocycles. The lowest BCUT2D eigenvalue weighted by Gasteiger charge is -2.23. The van der Waals surface area contributed by atoms with E-state index in [4.69, 9.17) is 0 Å². The number of aliphatic hydroxyl groups is 1. The molecule has 0 amide bonds. The average Bonchev–Trinajstić information content (AvgIpc) is 2.77. The molecule has 2 rings (SSSR count). The van der Waals surface area contributed by atoms with Crippen LogP contribution in [0.3, 0.4) is 0 Å². The van der Waals surface area contributed by atoms with Crippen molar-refractivity contribution in [2.24, 2.45) is 0 Å². The second-order valence-electron chi connectivity index (χ2n) is 4.26. The van der Waals surface area contributed by atoms with Gasteiger partial charge in [0, 0.05) is 17.5 Å². The van der Waals surface area contributed by atoms with Crippen LogP contribution in [0.4, 0.5) is 0 Å². The van der Waals surface area contributed by atoms with Gasteiger partial charge in [0.15, 0.2) is 0 Å². The van der Waals surface area contributed by atoms with E-state index in [1.54, 1.807) is 11.8 Å². The predicted octanol–water partition coefficient (Wildman–Crippen LogP) is 2.37. The molecule has 1 aliphatic rings. The zero-order valence-electron chi connectivity index (χ0n) is 9.72. The Morgan fingerprint density at radius 3 is 3.00 bits per heavy atom. The second-order valence-corrected chi connectivity index (χ2v) is 5.11. The zero-order chi connectivity index (χ0) is 11.4. The molecular weight excluding hydrogens is 218 g/mol. The smallest absolute Gasteiger partial charge is 0.0587 e. The summed E-state index contributed by atoms with van der Waals surface area (Å²) >= 11 is 1.80. The van der Waals surface area contributed by atoms with Gasteiger partial charge in [-0.15, -0.1) is 11.8 Å². The summed E-state index contributed by atoms with van der Waals surface area (Å²) in [5, 5.41) is 9.29. The largest absolute Gasteiger partial charge is 0.395 e. The fourth-order valence-corrected chi connectivity index (χ4v) is 2.97. The lowest BCUT2D eigenvalue weighted by atomic mass is 10.2. The van der Waals surface area contributed by atoms with E-state index in [0.29, 0.717) is 12.6 Å². The van der Waals surface area contributed by atoms with Crippen LogP contribution in [0.5, 0.6) is 0 Å². The monoisotopic (exact) mass is 237 g/mol. The maximum Gasteiger partial charge on any atom is 0.0587 e. The van der Waals surface area contributed by atoms with Crippen molar-refractivity contribution in [3.8, 4) is 0 Å². The third-order valence-electron chi connectivity index (χ3n) is 3.28. The highest BCUT2D eigenvalue weighted by atomic mass is 32.2. The summed E-state index contributed by atoms with van der Waals surface area (Å²) in [5.74, 6) is 0. The van der Waals surface area contributed by atoms with Crippen LogP contribution in [0, 0.1) is 0 Å². The van der Waals surface area contributed by atoms with Gasteiger partial charge in [0.2, 0.25) is 0 Å². The van der Waals surface area contributed by atoms with Gasteiger partial charge in [-0.25, -0.2) is 0 Å². The molecule has 16 heavy (non-hydrogen) atoms. The summed E-state index contributed by atoms with van der Waals surface area (Å²) in [7, 11) is 0. The van der Waals surface area contributed by atoms with Gasteiger partial charge in [-0.05, 0) is 37.3 Å². The third-order valence-corrected chi connectivity index (χ3v) is 4.11. The van der Waals surface area contributed by atoms with Gasteiger partial charge < -0.3 is 5.11 Å². The summed E-state index contributed by atoms with van der Waals surface area (Å²) in [6.07, 6.45) is 4.47. The van der Waals surface area contributed by atoms with E-state index in [2.05, 4.69) is 35.4 Å². The molecule has 2 nitrogen and oxygen atoms in total. The number of thioether (sulfide) groups is 1. The van der Waals surface area contributed by atoms with Gasteiger partial charge in [-0.3, -0.25) is 4.90 Å². The Morgan fingerprint density at radius 1 is 1.44 bits per heavy atom. The lowest BCUT2D eigenvalue weighted by Crippen LogP contribution is -2.31. The van der Waals surface area contributed by atoms with Crippen molar-refractivity contribution >= 4 is 11.8 Å². The molecule has 1 aromatic carbocycles. The molecule has 0 spiro atoms. The summed E-state index contributed by atoms with van der Waals surface area (Å²) in [6.45, 7) is 2.39. The molecular formula is C13H19NOS. The highest BCUT2D eigenvalue weighted by molar-refractivity contribution is 7.98. The first-order valence-electron chi connectivity index (χ1n) is 5.82. The summed E-state index contributed by atoms with van der Waals surface area (Å²) < 4.78 is 0. The molecule has 0 radical (unpaired) electrons. The van der Waals surface area contributed by atoms with Crippen LogP contribution in [-0.2, 0) is 6.54 Å². The zero-order valence-corrected chi connectivity index (χ0v) is 10.5. The van der Waals surface area contributed by atoms with Crippen molar-refractivity contribution in [3.63, 3.8) is 0 Å². The van der Waals surface area contributed by atoms with Crippen LogP contribution >= 0.6 is 11.8 Å². The minimum atomic E-state index is 0.293. The quantitative estimate of drug-likeness (QED) is 0.813. The van der Waals surface area contributed by atoms with Crippen molar-refractivity contribution in [2.75, 3.05) is 19.4 Å². The van der Waals surface area contributed by atoms with Crippen molar-refractivity contribution in [1.82, 2.24) is 4.90 Å². The molecule has 1 heterocycles. The van der Waals surface area contributed by atoms with Crippen molar-refractivity contribution in [3.05, 3.63) is 29.8 Å². The van der Waals surface area contributed by atoms with Crippen LogP contribution in [0.25, 0.3) is 0 Å². The highest BCUT2D eigenvalue weighted by Gasteiger charge is 2.23. The van der Waals surface area contributed by atoms with Gasteiger partial charge in [0.05, 0.1) is 6.61 Å². The summed E-state index contributed by atoms with van der Waals surface area (Å²) in [6, 6.07) is 8.92. The van der Waals surface area contributed by atoms with Crippen LogP contribution in [0.2, 0.25) is 0 Å². The second kappa shape index (κ2) is 5.71. The SMILES string of the molecule is CSc1ccccc1CN1CCC[C@@H]1CO.